The number of fused-ring (bicyclic) bond motifs is 1. The van der Waals surface area contributed by atoms with Crippen molar-refractivity contribution in [1.82, 2.24) is 0 Å². The van der Waals surface area contributed by atoms with Gasteiger partial charge in [-0.3, -0.25) is 14.4 Å². The van der Waals surface area contributed by atoms with Crippen LogP contribution in [-0.2, 0) is 4.79 Å². The zero-order chi connectivity index (χ0) is 25.1. The maximum atomic E-state index is 13.4. The van der Waals surface area contributed by atoms with E-state index in [4.69, 9.17) is 25.5 Å². The third kappa shape index (κ3) is 5.20. The van der Waals surface area contributed by atoms with Gasteiger partial charge < -0.3 is 19.2 Å². The number of carbonyl (C=O) groups is 2. The Hall–Kier alpha value is -4.10. The van der Waals surface area contributed by atoms with Crippen LogP contribution >= 0.6 is 11.6 Å². The normalized spacial score (nSPS) is 10.7. The van der Waals surface area contributed by atoms with Gasteiger partial charge in [0.2, 0.25) is 11.2 Å². The predicted octanol–water partition coefficient (Wildman–Crippen LogP) is 5.65. The lowest BCUT2D eigenvalue weighted by molar-refractivity contribution is -0.118. The molecule has 0 aliphatic carbocycles. The molecule has 178 valence electrons. The maximum Gasteiger partial charge on any atom is 0.262 e. The molecule has 1 heterocycles. The molecule has 0 bridgehead atoms. The van der Waals surface area contributed by atoms with Crippen LogP contribution in [0.3, 0.4) is 0 Å². The number of amides is 1. The van der Waals surface area contributed by atoms with E-state index < -0.39 is 17.9 Å². The Morgan fingerprint density at radius 1 is 1.06 bits per heavy atom. The summed E-state index contributed by atoms with van der Waals surface area (Å²) >= 11 is 6.23. The largest absolute Gasteiger partial charge is 0.497 e. The van der Waals surface area contributed by atoms with Crippen molar-refractivity contribution in [2.24, 2.45) is 0 Å². The lowest BCUT2D eigenvalue weighted by Crippen LogP contribution is -2.22. The second-order valence-corrected chi connectivity index (χ2v) is 8.30. The average Bonchev–Trinajstić information content (AvgIpc) is 2.85. The second kappa shape index (κ2) is 10.0. The predicted molar refractivity (Wildman–Crippen MR) is 135 cm³/mol. The average molecular weight is 492 g/mol. The molecule has 0 aliphatic heterocycles. The van der Waals surface area contributed by atoms with Crippen LogP contribution in [0, 0.1) is 6.92 Å². The molecule has 1 N–H and O–H groups in total. The Bertz CT molecular complexity index is 1490. The summed E-state index contributed by atoms with van der Waals surface area (Å²) in [4.78, 5) is 37.5. The molecule has 3 aromatic carbocycles. The fraction of sp³-hybridized carbons (Fsp3) is 0.148. The van der Waals surface area contributed by atoms with E-state index in [1.807, 2.05) is 6.92 Å². The number of aryl methyl sites for hydroxylation is 1. The molecular formula is C27H22ClNO6. The number of anilines is 1. The molecule has 4 rings (SSSR count). The lowest BCUT2D eigenvalue weighted by Gasteiger charge is -2.13. The van der Waals surface area contributed by atoms with Crippen LogP contribution in [0.5, 0.6) is 11.5 Å². The summed E-state index contributed by atoms with van der Waals surface area (Å²) in [5.74, 6) is 0.0691. The maximum absolute atomic E-state index is 13.4. The molecule has 0 aliphatic rings. The van der Waals surface area contributed by atoms with Gasteiger partial charge in [-0.15, -0.1) is 0 Å². The highest BCUT2D eigenvalue weighted by Gasteiger charge is 2.20. The van der Waals surface area contributed by atoms with Crippen LogP contribution in [0.15, 0.2) is 69.9 Å². The topological polar surface area (TPSA) is 94.8 Å². The van der Waals surface area contributed by atoms with Gasteiger partial charge >= 0.3 is 0 Å². The summed E-state index contributed by atoms with van der Waals surface area (Å²) in [5.41, 5.74) is 2.12. The summed E-state index contributed by atoms with van der Waals surface area (Å²) in [5, 5.41) is 3.32. The smallest absolute Gasteiger partial charge is 0.262 e. The number of hydrogen-bond donors (Lipinski definition) is 1. The van der Waals surface area contributed by atoms with Crippen molar-refractivity contribution in [1.29, 1.82) is 0 Å². The molecule has 4 aromatic rings. The molecule has 0 atom stereocenters. The zero-order valence-electron chi connectivity index (χ0n) is 19.3. The van der Waals surface area contributed by atoms with E-state index in [2.05, 4.69) is 5.32 Å². The van der Waals surface area contributed by atoms with Crippen molar-refractivity contribution >= 4 is 39.9 Å². The van der Waals surface area contributed by atoms with Gasteiger partial charge in [0.1, 0.15) is 11.3 Å². The SMILES string of the molecule is COc1ccc(-c2oc3cc(C)c(Cl)cc3c(=O)c2OCC(=O)Nc2cccc(C(C)=O)c2)cc1. The van der Waals surface area contributed by atoms with E-state index in [-0.39, 0.29) is 22.7 Å². The highest BCUT2D eigenvalue weighted by molar-refractivity contribution is 6.32. The van der Waals surface area contributed by atoms with Crippen LogP contribution < -0.4 is 20.2 Å². The Kier molecular flexibility index (Phi) is 6.89. The number of carbonyl (C=O) groups excluding carboxylic acids is 2. The molecule has 7 nitrogen and oxygen atoms in total. The van der Waals surface area contributed by atoms with E-state index in [1.54, 1.807) is 61.7 Å². The minimum absolute atomic E-state index is 0.116. The summed E-state index contributed by atoms with van der Waals surface area (Å²) in [6.07, 6.45) is 0. The van der Waals surface area contributed by atoms with Gasteiger partial charge in [0.25, 0.3) is 5.91 Å². The van der Waals surface area contributed by atoms with E-state index in [0.717, 1.165) is 5.56 Å². The van der Waals surface area contributed by atoms with Crippen molar-refractivity contribution in [2.45, 2.75) is 13.8 Å². The van der Waals surface area contributed by atoms with Gasteiger partial charge in [-0.05, 0) is 67.9 Å². The number of rotatable bonds is 7. The van der Waals surface area contributed by atoms with E-state index in [0.29, 0.717) is 33.2 Å². The molecule has 0 unspecified atom stereocenters. The number of ketones is 1. The second-order valence-electron chi connectivity index (χ2n) is 7.89. The van der Waals surface area contributed by atoms with Crippen molar-refractivity contribution in [3.63, 3.8) is 0 Å². The van der Waals surface area contributed by atoms with Crippen molar-refractivity contribution in [2.75, 3.05) is 19.0 Å². The van der Waals surface area contributed by atoms with Crippen LogP contribution in [0.1, 0.15) is 22.8 Å². The molecule has 1 amide bonds. The number of Topliss-reactive ketones (excluding diaryl/α,β-unsaturated/α-hetero) is 1. The summed E-state index contributed by atoms with van der Waals surface area (Å²) in [7, 11) is 1.55. The molecule has 0 fully saturated rings. The summed E-state index contributed by atoms with van der Waals surface area (Å²) in [6.45, 7) is 2.80. The zero-order valence-corrected chi connectivity index (χ0v) is 20.1. The van der Waals surface area contributed by atoms with E-state index in [9.17, 15) is 14.4 Å². The number of halogens is 1. The summed E-state index contributed by atoms with van der Waals surface area (Å²) in [6, 6.07) is 16.7. The third-order valence-corrected chi connectivity index (χ3v) is 5.79. The number of methoxy groups -OCH3 is 1. The van der Waals surface area contributed by atoms with Gasteiger partial charge in [0.05, 0.1) is 12.5 Å². The highest BCUT2D eigenvalue weighted by atomic mass is 35.5. The molecule has 0 saturated heterocycles. The fourth-order valence-electron chi connectivity index (χ4n) is 3.51. The minimum atomic E-state index is -0.507. The van der Waals surface area contributed by atoms with Crippen molar-refractivity contribution < 1.29 is 23.5 Å². The quantitative estimate of drug-likeness (QED) is 0.336. The number of ether oxygens (including phenoxy) is 2. The Morgan fingerprint density at radius 2 is 1.80 bits per heavy atom. The first-order valence-corrected chi connectivity index (χ1v) is 11.1. The van der Waals surface area contributed by atoms with E-state index >= 15 is 0 Å². The molecule has 8 heteroatoms. The van der Waals surface area contributed by atoms with Crippen LogP contribution in [0.25, 0.3) is 22.3 Å². The van der Waals surface area contributed by atoms with Crippen LogP contribution in [-0.4, -0.2) is 25.4 Å². The van der Waals surface area contributed by atoms with Gasteiger partial charge in [0.15, 0.2) is 18.2 Å². The molecule has 0 radical (unpaired) electrons. The molecular weight excluding hydrogens is 470 g/mol. The molecule has 0 spiro atoms. The van der Waals surface area contributed by atoms with Gasteiger partial charge in [-0.25, -0.2) is 0 Å². The number of benzene rings is 3. The van der Waals surface area contributed by atoms with Gasteiger partial charge in [-0.1, -0.05) is 23.7 Å². The third-order valence-electron chi connectivity index (χ3n) is 5.38. The number of nitrogens with one attached hydrogen (secondary N) is 1. The first-order valence-electron chi connectivity index (χ1n) is 10.7. The molecule has 35 heavy (non-hydrogen) atoms. The first kappa shape index (κ1) is 24.0. The van der Waals surface area contributed by atoms with Gasteiger partial charge in [-0.2, -0.15) is 0 Å². The standard InChI is InChI=1S/C27H22ClNO6/c1-15-11-23-21(13-22(15)28)25(32)27(26(35-23)17-7-9-20(33-3)10-8-17)34-14-24(31)29-19-6-4-5-18(12-19)16(2)30/h4-13H,14H2,1-3H3,(H,29,31). The first-order chi connectivity index (χ1) is 16.8. The monoisotopic (exact) mass is 491 g/mol. The van der Waals surface area contributed by atoms with Crippen molar-refractivity contribution in [3.8, 4) is 22.8 Å². The van der Waals surface area contributed by atoms with Crippen LogP contribution in [0.4, 0.5) is 5.69 Å². The van der Waals surface area contributed by atoms with Crippen molar-refractivity contribution in [3.05, 3.63) is 87.0 Å². The number of hydrogen-bond acceptors (Lipinski definition) is 6. The Balaban J connectivity index is 1.69. The molecule has 1 aromatic heterocycles. The Morgan fingerprint density at radius 3 is 2.49 bits per heavy atom. The fourth-order valence-corrected chi connectivity index (χ4v) is 3.68. The van der Waals surface area contributed by atoms with Gasteiger partial charge in [0, 0.05) is 21.8 Å². The van der Waals surface area contributed by atoms with E-state index in [1.165, 1.54) is 13.0 Å². The Labute approximate surface area is 206 Å². The summed E-state index contributed by atoms with van der Waals surface area (Å²) < 4.78 is 17.0. The highest BCUT2D eigenvalue weighted by Crippen LogP contribution is 2.33. The van der Waals surface area contributed by atoms with Crippen LogP contribution in [0.2, 0.25) is 5.02 Å². The molecule has 0 saturated carbocycles. The minimum Gasteiger partial charge on any atom is -0.497 e. The lowest BCUT2D eigenvalue weighted by atomic mass is 10.1.